The fourth-order valence-corrected chi connectivity index (χ4v) is 2.86. The minimum Gasteiger partial charge on any atom is -0.484 e. The second-order valence-electron chi connectivity index (χ2n) is 6.14. The fourth-order valence-electron chi connectivity index (χ4n) is 2.86. The van der Waals surface area contributed by atoms with E-state index in [4.69, 9.17) is 9.47 Å². The van der Waals surface area contributed by atoms with Crippen molar-refractivity contribution in [2.75, 3.05) is 46.0 Å². The first-order chi connectivity index (χ1) is 12.3. The fraction of sp³-hybridized carbons (Fsp3) is 0.350. The number of carbonyl (C=O) groups excluding carboxylic acids is 1. The van der Waals surface area contributed by atoms with Crippen molar-refractivity contribution in [3.63, 3.8) is 0 Å². The van der Waals surface area contributed by atoms with Crippen LogP contribution in [0.4, 0.5) is 0 Å². The van der Waals surface area contributed by atoms with Crippen molar-refractivity contribution in [2.24, 2.45) is 0 Å². The molecule has 2 aromatic rings. The summed E-state index contributed by atoms with van der Waals surface area (Å²) in [6.07, 6.45) is 0. The molecular formula is C20H25N2O3+. The zero-order valence-corrected chi connectivity index (χ0v) is 14.4. The van der Waals surface area contributed by atoms with E-state index in [1.807, 2.05) is 42.5 Å². The highest BCUT2D eigenvalue weighted by molar-refractivity contribution is 5.77. The summed E-state index contributed by atoms with van der Waals surface area (Å²) < 4.78 is 10.9. The third kappa shape index (κ3) is 5.59. The number of hydrogen-bond acceptors (Lipinski definition) is 3. The van der Waals surface area contributed by atoms with Gasteiger partial charge >= 0.3 is 0 Å². The molecule has 5 nitrogen and oxygen atoms in total. The van der Waals surface area contributed by atoms with Gasteiger partial charge in [-0.05, 0) is 23.3 Å². The van der Waals surface area contributed by atoms with Gasteiger partial charge in [0.25, 0.3) is 5.91 Å². The topological polar surface area (TPSA) is 52.0 Å². The summed E-state index contributed by atoms with van der Waals surface area (Å²) in [5, 5.41) is 2.91. The van der Waals surface area contributed by atoms with Gasteiger partial charge in [0, 0.05) is 0 Å². The summed E-state index contributed by atoms with van der Waals surface area (Å²) in [6, 6.07) is 18.0. The maximum Gasteiger partial charge on any atom is 0.258 e. The Morgan fingerprint density at radius 3 is 2.40 bits per heavy atom. The molecule has 0 unspecified atom stereocenters. The van der Waals surface area contributed by atoms with Crippen LogP contribution in [-0.4, -0.2) is 51.9 Å². The largest absolute Gasteiger partial charge is 0.484 e. The Morgan fingerprint density at radius 1 is 1.00 bits per heavy atom. The van der Waals surface area contributed by atoms with Crippen LogP contribution >= 0.6 is 0 Å². The number of amides is 1. The maximum atomic E-state index is 11.9. The first-order valence-electron chi connectivity index (χ1n) is 8.77. The Kier molecular flexibility index (Phi) is 6.42. The van der Waals surface area contributed by atoms with Crippen LogP contribution in [0.5, 0.6) is 5.75 Å². The molecule has 0 bridgehead atoms. The van der Waals surface area contributed by atoms with Crippen LogP contribution in [0.15, 0.2) is 54.6 Å². The van der Waals surface area contributed by atoms with Gasteiger partial charge < -0.3 is 19.7 Å². The Hall–Kier alpha value is -2.37. The second-order valence-corrected chi connectivity index (χ2v) is 6.14. The van der Waals surface area contributed by atoms with Gasteiger partial charge in [0.2, 0.25) is 0 Å². The SMILES string of the molecule is O=C(COc1ccc(-c2ccccc2)cc1)NCC[NH+]1CCOCC1. The van der Waals surface area contributed by atoms with Crippen LogP contribution in [0.2, 0.25) is 0 Å². The molecule has 5 heteroatoms. The first kappa shape index (κ1) is 17.5. The molecule has 3 rings (SSSR count). The molecule has 0 spiro atoms. The van der Waals surface area contributed by atoms with Crippen molar-refractivity contribution in [3.05, 3.63) is 54.6 Å². The normalized spacial score (nSPS) is 14.9. The van der Waals surface area contributed by atoms with E-state index < -0.39 is 0 Å². The van der Waals surface area contributed by atoms with Crippen molar-refractivity contribution in [2.45, 2.75) is 0 Å². The first-order valence-corrected chi connectivity index (χ1v) is 8.77. The zero-order valence-electron chi connectivity index (χ0n) is 14.4. The average molecular weight is 341 g/mol. The molecule has 2 N–H and O–H groups in total. The molecule has 0 saturated carbocycles. The number of hydrogen-bond donors (Lipinski definition) is 2. The van der Waals surface area contributed by atoms with Crippen LogP contribution in [0.3, 0.4) is 0 Å². The molecule has 1 aliphatic rings. The van der Waals surface area contributed by atoms with Gasteiger partial charge in [-0.2, -0.15) is 0 Å². The summed E-state index contributed by atoms with van der Waals surface area (Å²) in [7, 11) is 0. The van der Waals surface area contributed by atoms with Crippen LogP contribution in [0.1, 0.15) is 0 Å². The minimum atomic E-state index is -0.0835. The van der Waals surface area contributed by atoms with Crippen LogP contribution < -0.4 is 15.0 Å². The Balaban J connectivity index is 1.38. The van der Waals surface area contributed by atoms with Gasteiger partial charge in [0.1, 0.15) is 18.8 Å². The molecule has 1 amide bonds. The predicted molar refractivity (Wildman–Crippen MR) is 96.8 cm³/mol. The molecule has 132 valence electrons. The smallest absolute Gasteiger partial charge is 0.258 e. The van der Waals surface area contributed by atoms with E-state index >= 15 is 0 Å². The third-order valence-electron chi connectivity index (χ3n) is 4.33. The number of morpholine rings is 1. The van der Waals surface area contributed by atoms with Gasteiger partial charge in [-0.25, -0.2) is 0 Å². The van der Waals surface area contributed by atoms with Crippen molar-refractivity contribution in [1.29, 1.82) is 0 Å². The van der Waals surface area contributed by atoms with E-state index in [1.165, 1.54) is 4.90 Å². The number of ether oxygens (including phenoxy) is 2. The maximum absolute atomic E-state index is 11.9. The summed E-state index contributed by atoms with van der Waals surface area (Å²) in [5.74, 6) is 0.619. The van der Waals surface area contributed by atoms with E-state index in [9.17, 15) is 4.79 Å². The number of carbonyl (C=O) groups is 1. The lowest BCUT2D eigenvalue weighted by Gasteiger charge is -2.23. The van der Waals surface area contributed by atoms with Crippen LogP contribution in [0, 0.1) is 0 Å². The molecule has 2 aromatic carbocycles. The third-order valence-corrected chi connectivity index (χ3v) is 4.33. The molecular weight excluding hydrogens is 316 g/mol. The summed E-state index contributed by atoms with van der Waals surface area (Å²) in [4.78, 5) is 13.4. The monoisotopic (exact) mass is 341 g/mol. The minimum absolute atomic E-state index is 0.0448. The highest BCUT2D eigenvalue weighted by Gasteiger charge is 2.13. The van der Waals surface area contributed by atoms with Crippen molar-refractivity contribution in [1.82, 2.24) is 5.32 Å². The molecule has 1 heterocycles. The lowest BCUT2D eigenvalue weighted by Crippen LogP contribution is -3.14. The Morgan fingerprint density at radius 2 is 1.68 bits per heavy atom. The van der Waals surface area contributed by atoms with Gasteiger partial charge in [-0.1, -0.05) is 42.5 Å². The van der Waals surface area contributed by atoms with E-state index in [1.54, 1.807) is 0 Å². The van der Waals surface area contributed by atoms with E-state index in [2.05, 4.69) is 17.4 Å². The lowest BCUT2D eigenvalue weighted by atomic mass is 10.1. The zero-order chi connectivity index (χ0) is 17.3. The lowest BCUT2D eigenvalue weighted by molar-refractivity contribution is -0.906. The van der Waals surface area contributed by atoms with E-state index in [0.717, 1.165) is 44.0 Å². The standard InChI is InChI=1S/C20H24N2O3/c23-20(21-10-11-22-12-14-24-15-13-22)16-25-19-8-6-18(7-9-19)17-4-2-1-3-5-17/h1-9H,10-16H2,(H,21,23)/p+1. The molecule has 0 aliphatic carbocycles. The highest BCUT2D eigenvalue weighted by atomic mass is 16.5. The van der Waals surface area contributed by atoms with E-state index in [0.29, 0.717) is 12.3 Å². The van der Waals surface area contributed by atoms with Crippen LogP contribution in [0.25, 0.3) is 11.1 Å². The molecule has 1 aliphatic heterocycles. The quantitative estimate of drug-likeness (QED) is 0.782. The van der Waals surface area contributed by atoms with Crippen molar-refractivity contribution >= 4 is 5.91 Å². The van der Waals surface area contributed by atoms with Gasteiger partial charge in [0.15, 0.2) is 6.61 Å². The van der Waals surface area contributed by atoms with Gasteiger partial charge in [0.05, 0.1) is 26.3 Å². The van der Waals surface area contributed by atoms with Crippen LogP contribution in [-0.2, 0) is 9.53 Å². The average Bonchev–Trinajstić information content (AvgIpc) is 2.68. The number of quaternary nitrogens is 1. The highest BCUT2D eigenvalue weighted by Crippen LogP contribution is 2.21. The molecule has 0 aromatic heterocycles. The molecule has 0 atom stereocenters. The van der Waals surface area contributed by atoms with Crippen molar-refractivity contribution in [3.8, 4) is 16.9 Å². The Labute approximate surface area is 148 Å². The van der Waals surface area contributed by atoms with E-state index in [-0.39, 0.29) is 12.5 Å². The van der Waals surface area contributed by atoms with Crippen molar-refractivity contribution < 1.29 is 19.2 Å². The summed E-state index contributed by atoms with van der Waals surface area (Å²) >= 11 is 0. The number of nitrogens with one attached hydrogen (secondary N) is 2. The molecule has 1 saturated heterocycles. The van der Waals surface area contributed by atoms with Gasteiger partial charge in [-0.3, -0.25) is 4.79 Å². The molecule has 1 fully saturated rings. The number of rotatable bonds is 7. The predicted octanol–water partition coefficient (Wildman–Crippen LogP) is 0.764. The molecule has 25 heavy (non-hydrogen) atoms. The second kappa shape index (κ2) is 9.20. The molecule has 0 radical (unpaired) electrons. The Bertz CT molecular complexity index is 652. The number of benzene rings is 2. The summed E-state index contributed by atoms with van der Waals surface area (Å²) in [5.41, 5.74) is 2.29. The van der Waals surface area contributed by atoms with Gasteiger partial charge in [-0.15, -0.1) is 0 Å². The summed E-state index contributed by atoms with van der Waals surface area (Å²) in [6.45, 7) is 5.30.